The second-order valence-electron chi connectivity index (χ2n) is 5.44. The maximum Gasteiger partial charge on any atom is 0.237 e. The van der Waals surface area contributed by atoms with Crippen LogP contribution >= 0.6 is 11.8 Å². The highest BCUT2D eigenvalue weighted by Crippen LogP contribution is 2.16. The van der Waals surface area contributed by atoms with Crippen molar-refractivity contribution in [2.75, 3.05) is 31.1 Å². The SMILES string of the molecule is Cc1ccccc1C(O)CNC(=O)C(C)N1CCSCC1. The molecule has 2 atom stereocenters. The molecule has 1 aromatic rings. The molecule has 1 aliphatic heterocycles. The minimum absolute atomic E-state index is 0.00506. The predicted molar refractivity (Wildman–Crippen MR) is 87.5 cm³/mol. The van der Waals surface area contributed by atoms with Crippen LogP contribution in [0.3, 0.4) is 0 Å². The average molecular weight is 308 g/mol. The summed E-state index contributed by atoms with van der Waals surface area (Å²) in [7, 11) is 0. The van der Waals surface area contributed by atoms with Gasteiger partial charge in [-0.15, -0.1) is 0 Å². The average Bonchev–Trinajstić information content (AvgIpc) is 2.52. The Morgan fingerprint density at radius 3 is 2.71 bits per heavy atom. The molecule has 1 amide bonds. The van der Waals surface area contributed by atoms with Crippen molar-refractivity contribution in [2.24, 2.45) is 0 Å². The third-order valence-corrected chi connectivity index (χ3v) is 4.93. The number of nitrogens with zero attached hydrogens (tertiary/aromatic N) is 1. The number of rotatable bonds is 5. The van der Waals surface area contributed by atoms with Crippen LogP contribution in [0.1, 0.15) is 24.2 Å². The van der Waals surface area contributed by atoms with Gasteiger partial charge in [0.1, 0.15) is 0 Å². The summed E-state index contributed by atoms with van der Waals surface area (Å²) in [5.41, 5.74) is 1.92. The molecule has 1 heterocycles. The van der Waals surface area contributed by atoms with Crippen molar-refractivity contribution < 1.29 is 9.90 Å². The zero-order valence-corrected chi connectivity index (χ0v) is 13.5. The van der Waals surface area contributed by atoms with Crippen LogP contribution in [-0.2, 0) is 4.79 Å². The summed E-state index contributed by atoms with van der Waals surface area (Å²) >= 11 is 1.93. The fraction of sp³-hybridized carbons (Fsp3) is 0.562. The Morgan fingerprint density at radius 2 is 2.05 bits per heavy atom. The molecule has 1 aliphatic rings. The number of thioether (sulfide) groups is 1. The summed E-state index contributed by atoms with van der Waals surface area (Å²) in [6.45, 7) is 6.08. The van der Waals surface area contributed by atoms with Gasteiger partial charge in [0.25, 0.3) is 0 Å². The van der Waals surface area contributed by atoms with Crippen LogP contribution in [0.4, 0.5) is 0 Å². The summed E-state index contributed by atoms with van der Waals surface area (Å²) in [6.07, 6.45) is -0.653. The van der Waals surface area contributed by atoms with Gasteiger partial charge in [0.05, 0.1) is 12.1 Å². The number of aliphatic hydroxyl groups is 1. The third-order valence-electron chi connectivity index (χ3n) is 3.99. The quantitative estimate of drug-likeness (QED) is 0.867. The first kappa shape index (κ1) is 16.3. The highest BCUT2D eigenvalue weighted by atomic mass is 32.2. The largest absolute Gasteiger partial charge is 0.387 e. The minimum atomic E-state index is -0.653. The van der Waals surface area contributed by atoms with Gasteiger partial charge in [0.15, 0.2) is 0 Å². The van der Waals surface area contributed by atoms with Crippen LogP contribution in [0.15, 0.2) is 24.3 Å². The molecule has 4 nitrogen and oxygen atoms in total. The van der Waals surface area contributed by atoms with Gasteiger partial charge in [0, 0.05) is 31.1 Å². The van der Waals surface area contributed by atoms with Crippen molar-refractivity contribution in [3.63, 3.8) is 0 Å². The first-order valence-corrected chi connectivity index (χ1v) is 8.58. The van der Waals surface area contributed by atoms with E-state index in [1.165, 1.54) is 0 Å². The lowest BCUT2D eigenvalue weighted by molar-refractivity contribution is -0.126. The number of aliphatic hydroxyl groups excluding tert-OH is 1. The first-order chi connectivity index (χ1) is 10.1. The number of aryl methyl sites for hydroxylation is 1. The van der Waals surface area contributed by atoms with Gasteiger partial charge < -0.3 is 10.4 Å². The van der Waals surface area contributed by atoms with E-state index in [4.69, 9.17) is 0 Å². The minimum Gasteiger partial charge on any atom is -0.387 e. The number of benzene rings is 1. The van der Waals surface area contributed by atoms with Crippen molar-refractivity contribution >= 4 is 17.7 Å². The Labute approximate surface area is 130 Å². The molecule has 0 radical (unpaired) electrons. The van der Waals surface area contributed by atoms with E-state index in [1.807, 2.05) is 49.9 Å². The molecule has 2 rings (SSSR count). The molecule has 0 aromatic heterocycles. The van der Waals surface area contributed by atoms with Crippen LogP contribution in [0.2, 0.25) is 0 Å². The second-order valence-corrected chi connectivity index (χ2v) is 6.67. The Morgan fingerprint density at radius 1 is 1.38 bits per heavy atom. The molecule has 5 heteroatoms. The number of nitrogens with one attached hydrogen (secondary N) is 1. The van der Waals surface area contributed by atoms with E-state index in [-0.39, 0.29) is 18.5 Å². The Balaban J connectivity index is 1.84. The number of carbonyl (C=O) groups excluding carboxylic acids is 1. The highest BCUT2D eigenvalue weighted by molar-refractivity contribution is 7.99. The molecule has 0 bridgehead atoms. The van der Waals surface area contributed by atoms with Gasteiger partial charge >= 0.3 is 0 Å². The maximum absolute atomic E-state index is 12.2. The molecule has 116 valence electrons. The lowest BCUT2D eigenvalue weighted by Crippen LogP contribution is -2.48. The fourth-order valence-electron chi connectivity index (χ4n) is 2.55. The van der Waals surface area contributed by atoms with Gasteiger partial charge in [-0.1, -0.05) is 24.3 Å². The van der Waals surface area contributed by atoms with E-state index in [9.17, 15) is 9.90 Å². The second kappa shape index (κ2) is 7.82. The van der Waals surface area contributed by atoms with Crippen LogP contribution < -0.4 is 5.32 Å². The smallest absolute Gasteiger partial charge is 0.237 e. The zero-order chi connectivity index (χ0) is 15.2. The fourth-order valence-corrected chi connectivity index (χ4v) is 3.48. The molecule has 0 saturated carbocycles. The molecule has 1 saturated heterocycles. The van der Waals surface area contributed by atoms with E-state index < -0.39 is 6.10 Å². The summed E-state index contributed by atoms with van der Waals surface area (Å²) < 4.78 is 0. The molecule has 1 fully saturated rings. The van der Waals surface area contributed by atoms with E-state index in [0.29, 0.717) is 0 Å². The number of amides is 1. The number of hydrogen-bond acceptors (Lipinski definition) is 4. The van der Waals surface area contributed by atoms with Crippen molar-refractivity contribution in [1.29, 1.82) is 0 Å². The van der Waals surface area contributed by atoms with E-state index >= 15 is 0 Å². The summed E-state index contributed by atoms with van der Waals surface area (Å²) in [6, 6.07) is 7.59. The summed E-state index contributed by atoms with van der Waals surface area (Å²) in [5.74, 6) is 2.17. The highest BCUT2D eigenvalue weighted by Gasteiger charge is 2.23. The molecular weight excluding hydrogens is 284 g/mol. The lowest BCUT2D eigenvalue weighted by Gasteiger charge is -2.31. The van der Waals surface area contributed by atoms with Gasteiger partial charge in [-0.3, -0.25) is 9.69 Å². The Hall–Kier alpha value is -1.04. The lowest BCUT2D eigenvalue weighted by atomic mass is 10.0. The van der Waals surface area contributed by atoms with Crippen molar-refractivity contribution in [3.05, 3.63) is 35.4 Å². The topological polar surface area (TPSA) is 52.6 Å². The molecular formula is C16H24N2O2S. The third kappa shape index (κ3) is 4.46. The van der Waals surface area contributed by atoms with Crippen LogP contribution in [0.5, 0.6) is 0 Å². The van der Waals surface area contributed by atoms with Crippen molar-refractivity contribution in [1.82, 2.24) is 10.2 Å². The Bertz CT molecular complexity index is 475. The normalized spacial score (nSPS) is 19.0. The van der Waals surface area contributed by atoms with Crippen LogP contribution in [0, 0.1) is 6.92 Å². The number of carbonyl (C=O) groups is 1. The molecule has 21 heavy (non-hydrogen) atoms. The van der Waals surface area contributed by atoms with Gasteiger partial charge in [-0.25, -0.2) is 0 Å². The van der Waals surface area contributed by atoms with E-state index in [2.05, 4.69) is 10.2 Å². The summed E-state index contributed by atoms with van der Waals surface area (Å²) in [5, 5.41) is 13.1. The molecule has 1 aromatic carbocycles. The van der Waals surface area contributed by atoms with E-state index in [0.717, 1.165) is 35.7 Å². The van der Waals surface area contributed by atoms with E-state index in [1.54, 1.807) is 0 Å². The van der Waals surface area contributed by atoms with Gasteiger partial charge in [0.2, 0.25) is 5.91 Å². The van der Waals surface area contributed by atoms with Gasteiger partial charge in [-0.05, 0) is 25.0 Å². The first-order valence-electron chi connectivity index (χ1n) is 7.42. The van der Waals surface area contributed by atoms with Crippen molar-refractivity contribution in [3.8, 4) is 0 Å². The standard InChI is InChI=1S/C16H24N2O2S/c1-12-5-3-4-6-14(12)15(19)11-17-16(20)13(2)18-7-9-21-10-8-18/h3-6,13,15,19H,7-11H2,1-2H3,(H,17,20). The molecule has 0 spiro atoms. The molecule has 0 aliphatic carbocycles. The van der Waals surface area contributed by atoms with Crippen LogP contribution in [0.25, 0.3) is 0 Å². The van der Waals surface area contributed by atoms with Gasteiger partial charge in [-0.2, -0.15) is 11.8 Å². The molecule has 2 N–H and O–H groups in total. The number of hydrogen-bond donors (Lipinski definition) is 2. The summed E-state index contributed by atoms with van der Waals surface area (Å²) in [4.78, 5) is 14.4. The maximum atomic E-state index is 12.2. The predicted octanol–water partition coefficient (Wildman–Crippen LogP) is 1.58. The van der Waals surface area contributed by atoms with Crippen LogP contribution in [-0.4, -0.2) is 53.1 Å². The zero-order valence-electron chi connectivity index (χ0n) is 12.7. The Kier molecular flexibility index (Phi) is 6.08. The molecule has 2 unspecified atom stereocenters. The monoisotopic (exact) mass is 308 g/mol. The van der Waals surface area contributed by atoms with Crippen molar-refractivity contribution in [2.45, 2.75) is 26.0 Å².